The molecule has 0 aliphatic rings. The van der Waals surface area contributed by atoms with Crippen molar-refractivity contribution in [2.24, 2.45) is 0 Å². The Hall–Kier alpha value is -1.91. The second kappa shape index (κ2) is 7.20. The SMILES string of the molecule is Cc1cnccc1C(=O)NCCC(O)c1ccc(Cl)cc1. The Balaban J connectivity index is 1.85. The molecule has 4 nitrogen and oxygen atoms in total. The first-order valence-electron chi connectivity index (χ1n) is 6.70. The topological polar surface area (TPSA) is 62.2 Å². The van der Waals surface area contributed by atoms with Crippen LogP contribution in [0.1, 0.15) is 34.0 Å². The van der Waals surface area contributed by atoms with Gasteiger partial charge in [-0.3, -0.25) is 9.78 Å². The zero-order valence-electron chi connectivity index (χ0n) is 11.7. The average molecular weight is 305 g/mol. The number of amides is 1. The quantitative estimate of drug-likeness (QED) is 0.893. The van der Waals surface area contributed by atoms with Gasteiger partial charge in [-0.25, -0.2) is 0 Å². The molecule has 110 valence electrons. The van der Waals surface area contributed by atoms with Crippen molar-refractivity contribution < 1.29 is 9.90 Å². The number of aliphatic hydroxyl groups excluding tert-OH is 1. The van der Waals surface area contributed by atoms with E-state index in [1.54, 1.807) is 42.7 Å². The van der Waals surface area contributed by atoms with Gasteiger partial charge in [-0.15, -0.1) is 0 Å². The Labute approximate surface area is 128 Å². The summed E-state index contributed by atoms with van der Waals surface area (Å²) in [5, 5.41) is 13.5. The summed E-state index contributed by atoms with van der Waals surface area (Å²) in [7, 11) is 0. The average Bonchev–Trinajstić information content (AvgIpc) is 2.48. The van der Waals surface area contributed by atoms with Gasteiger partial charge in [0, 0.05) is 29.5 Å². The Morgan fingerprint density at radius 1 is 1.33 bits per heavy atom. The smallest absolute Gasteiger partial charge is 0.251 e. The van der Waals surface area contributed by atoms with Gasteiger partial charge in [0.1, 0.15) is 0 Å². The van der Waals surface area contributed by atoms with Crippen LogP contribution in [0.4, 0.5) is 0 Å². The Bertz CT molecular complexity index is 614. The summed E-state index contributed by atoms with van der Waals surface area (Å²) in [5.41, 5.74) is 2.22. The normalized spacial score (nSPS) is 12.0. The number of nitrogens with zero attached hydrogens (tertiary/aromatic N) is 1. The predicted octanol–water partition coefficient (Wildman–Crippen LogP) is 2.90. The van der Waals surface area contributed by atoms with E-state index in [0.717, 1.165) is 11.1 Å². The molecule has 2 aromatic rings. The van der Waals surface area contributed by atoms with Crippen molar-refractivity contribution in [3.8, 4) is 0 Å². The molecule has 0 saturated heterocycles. The van der Waals surface area contributed by atoms with E-state index in [9.17, 15) is 9.90 Å². The van der Waals surface area contributed by atoms with Crippen molar-refractivity contribution in [3.05, 3.63) is 64.4 Å². The molecule has 1 amide bonds. The summed E-state index contributed by atoms with van der Waals surface area (Å²) in [6.45, 7) is 2.23. The molecule has 5 heteroatoms. The molecule has 2 rings (SSSR count). The summed E-state index contributed by atoms with van der Waals surface area (Å²) >= 11 is 5.80. The molecule has 1 aromatic heterocycles. The minimum Gasteiger partial charge on any atom is -0.388 e. The fourth-order valence-electron chi connectivity index (χ4n) is 2.00. The van der Waals surface area contributed by atoms with E-state index >= 15 is 0 Å². The van der Waals surface area contributed by atoms with Gasteiger partial charge >= 0.3 is 0 Å². The van der Waals surface area contributed by atoms with E-state index in [0.29, 0.717) is 23.6 Å². The molecule has 0 fully saturated rings. The van der Waals surface area contributed by atoms with E-state index in [1.807, 2.05) is 6.92 Å². The van der Waals surface area contributed by atoms with Gasteiger partial charge in [0.05, 0.1) is 6.10 Å². The van der Waals surface area contributed by atoms with Crippen molar-refractivity contribution in [3.63, 3.8) is 0 Å². The summed E-state index contributed by atoms with van der Waals surface area (Å²) in [4.78, 5) is 15.9. The van der Waals surface area contributed by atoms with Crippen LogP contribution in [0.2, 0.25) is 5.02 Å². The van der Waals surface area contributed by atoms with Crippen LogP contribution in [0, 0.1) is 6.92 Å². The van der Waals surface area contributed by atoms with Crippen LogP contribution >= 0.6 is 11.6 Å². The molecule has 0 bridgehead atoms. The molecular formula is C16H17ClN2O2. The minimum atomic E-state index is -0.624. The Morgan fingerprint density at radius 3 is 2.71 bits per heavy atom. The largest absolute Gasteiger partial charge is 0.388 e. The van der Waals surface area contributed by atoms with E-state index in [4.69, 9.17) is 11.6 Å². The number of hydrogen-bond donors (Lipinski definition) is 2. The number of nitrogens with one attached hydrogen (secondary N) is 1. The fraction of sp³-hybridized carbons (Fsp3) is 0.250. The number of rotatable bonds is 5. The van der Waals surface area contributed by atoms with Gasteiger partial charge in [-0.1, -0.05) is 23.7 Å². The summed E-state index contributed by atoms with van der Waals surface area (Å²) < 4.78 is 0. The number of carbonyl (C=O) groups is 1. The maximum Gasteiger partial charge on any atom is 0.251 e. The maximum absolute atomic E-state index is 12.0. The van der Waals surface area contributed by atoms with Crippen LogP contribution in [-0.4, -0.2) is 22.5 Å². The van der Waals surface area contributed by atoms with Crippen molar-refractivity contribution in [1.29, 1.82) is 0 Å². The number of aliphatic hydroxyl groups is 1. The minimum absolute atomic E-state index is 0.154. The van der Waals surface area contributed by atoms with Gasteiger partial charge in [-0.2, -0.15) is 0 Å². The lowest BCUT2D eigenvalue weighted by Crippen LogP contribution is -2.26. The number of pyridine rings is 1. The van der Waals surface area contributed by atoms with Crippen LogP contribution in [0.5, 0.6) is 0 Å². The van der Waals surface area contributed by atoms with Gasteiger partial charge in [0.15, 0.2) is 0 Å². The third kappa shape index (κ3) is 4.28. The molecule has 0 spiro atoms. The number of hydrogen-bond acceptors (Lipinski definition) is 3. The molecular weight excluding hydrogens is 288 g/mol. The first-order valence-corrected chi connectivity index (χ1v) is 7.08. The molecule has 21 heavy (non-hydrogen) atoms. The summed E-state index contributed by atoms with van der Waals surface area (Å²) in [6, 6.07) is 8.71. The molecule has 0 radical (unpaired) electrons. The first-order chi connectivity index (χ1) is 10.1. The molecule has 0 aliphatic heterocycles. The number of carbonyl (C=O) groups excluding carboxylic acids is 1. The highest BCUT2D eigenvalue weighted by Crippen LogP contribution is 2.18. The van der Waals surface area contributed by atoms with Crippen molar-refractivity contribution in [2.75, 3.05) is 6.54 Å². The lowest BCUT2D eigenvalue weighted by atomic mass is 10.1. The van der Waals surface area contributed by atoms with Gasteiger partial charge < -0.3 is 10.4 Å². The number of aryl methyl sites for hydroxylation is 1. The zero-order valence-corrected chi connectivity index (χ0v) is 12.5. The van der Waals surface area contributed by atoms with Crippen LogP contribution in [0.3, 0.4) is 0 Å². The predicted molar refractivity (Wildman–Crippen MR) is 82.3 cm³/mol. The first kappa shape index (κ1) is 15.5. The summed E-state index contributed by atoms with van der Waals surface area (Å²) in [5.74, 6) is -0.154. The lowest BCUT2D eigenvalue weighted by Gasteiger charge is -2.12. The number of halogens is 1. The standard InChI is InChI=1S/C16H17ClN2O2/c1-11-10-18-8-6-14(11)16(21)19-9-7-15(20)12-2-4-13(17)5-3-12/h2-6,8,10,15,20H,7,9H2,1H3,(H,19,21). The third-order valence-corrected chi connectivity index (χ3v) is 3.48. The van der Waals surface area contributed by atoms with Crippen LogP contribution in [0.25, 0.3) is 0 Å². The highest BCUT2D eigenvalue weighted by Gasteiger charge is 2.10. The van der Waals surface area contributed by atoms with E-state index < -0.39 is 6.10 Å². The number of benzene rings is 1. The highest BCUT2D eigenvalue weighted by atomic mass is 35.5. The van der Waals surface area contributed by atoms with Crippen molar-refractivity contribution in [1.82, 2.24) is 10.3 Å². The number of aromatic nitrogens is 1. The molecule has 0 saturated carbocycles. The van der Waals surface area contributed by atoms with E-state index in [1.165, 1.54) is 0 Å². The third-order valence-electron chi connectivity index (χ3n) is 3.22. The molecule has 1 aromatic carbocycles. The van der Waals surface area contributed by atoms with Gasteiger partial charge in [0.25, 0.3) is 5.91 Å². The van der Waals surface area contributed by atoms with E-state index in [-0.39, 0.29) is 5.91 Å². The molecule has 1 unspecified atom stereocenters. The monoisotopic (exact) mass is 304 g/mol. The molecule has 0 aliphatic carbocycles. The second-order valence-corrected chi connectivity index (χ2v) is 5.24. The fourth-order valence-corrected chi connectivity index (χ4v) is 2.12. The van der Waals surface area contributed by atoms with Crippen molar-refractivity contribution in [2.45, 2.75) is 19.4 Å². The zero-order chi connectivity index (χ0) is 15.2. The van der Waals surface area contributed by atoms with Gasteiger partial charge in [0.2, 0.25) is 0 Å². The molecule has 1 heterocycles. The Kier molecular flexibility index (Phi) is 5.31. The maximum atomic E-state index is 12.0. The van der Waals surface area contributed by atoms with Crippen molar-refractivity contribution >= 4 is 17.5 Å². The van der Waals surface area contributed by atoms with Crippen LogP contribution in [-0.2, 0) is 0 Å². The van der Waals surface area contributed by atoms with Crippen LogP contribution < -0.4 is 5.32 Å². The lowest BCUT2D eigenvalue weighted by molar-refractivity contribution is 0.0942. The highest BCUT2D eigenvalue weighted by molar-refractivity contribution is 6.30. The van der Waals surface area contributed by atoms with Crippen LogP contribution in [0.15, 0.2) is 42.7 Å². The van der Waals surface area contributed by atoms with E-state index in [2.05, 4.69) is 10.3 Å². The Morgan fingerprint density at radius 2 is 2.05 bits per heavy atom. The second-order valence-electron chi connectivity index (χ2n) is 4.80. The van der Waals surface area contributed by atoms with Gasteiger partial charge in [-0.05, 0) is 42.7 Å². The molecule has 2 N–H and O–H groups in total. The summed E-state index contributed by atoms with van der Waals surface area (Å²) in [6.07, 6.45) is 3.06. The molecule has 1 atom stereocenters.